The van der Waals surface area contributed by atoms with Crippen LogP contribution >= 0.6 is 0 Å². The van der Waals surface area contributed by atoms with Crippen LogP contribution in [0.2, 0.25) is 0 Å². The average molecular weight is 353 g/mol. The third kappa shape index (κ3) is 5.25. The van der Waals surface area contributed by atoms with Gasteiger partial charge in [0, 0.05) is 19.5 Å². The summed E-state index contributed by atoms with van der Waals surface area (Å²) in [6.45, 7) is 2.43. The zero-order valence-electron chi connectivity index (χ0n) is 15.4. The minimum absolute atomic E-state index is 0.249. The number of benzene rings is 2. The Labute approximate surface area is 155 Å². The van der Waals surface area contributed by atoms with Crippen molar-refractivity contribution in [2.24, 2.45) is 5.92 Å². The van der Waals surface area contributed by atoms with Crippen molar-refractivity contribution in [1.82, 2.24) is 4.90 Å². The van der Waals surface area contributed by atoms with E-state index in [0.717, 1.165) is 49.4 Å². The van der Waals surface area contributed by atoms with Crippen LogP contribution in [0, 0.1) is 5.92 Å². The Balaban J connectivity index is 1.38. The van der Waals surface area contributed by atoms with Crippen LogP contribution < -0.4 is 9.47 Å². The number of methoxy groups -OCH3 is 1. The number of amides is 1. The summed E-state index contributed by atoms with van der Waals surface area (Å²) in [5.74, 6) is 2.55. The summed E-state index contributed by atoms with van der Waals surface area (Å²) in [7, 11) is 1.66. The molecule has 0 N–H and O–H groups in total. The van der Waals surface area contributed by atoms with Crippen molar-refractivity contribution >= 4 is 5.91 Å². The number of para-hydroxylation sites is 1. The third-order valence-electron chi connectivity index (χ3n) is 4.94. The standard InChI is InChI=1S/C22H27NO3/c1-25-21-9-5-6-18(16-21)10-11-22(24)23-14-12-19(17-23)13-15-26-20-7-3-2-4-8-20/h2-9,16,19H,10-15,17H2,1H3. The summed E-state index contributed by atoms with van der Waals surface area (Å²) in [4.78, 5) is 14.5. The van der Waals surface area contributed by atoms with Gasteiger partial charge in [0.2, 0.25) is 5.91 Å². The van der Waals surface area contributed by atoms with E-state index in [0.29, 0.717) is 18.9 Å². The van der Waals surface area contributed by atoms with Gasteiger partial charge in [-0.3, -0.25) is 4.79 Å². The number of rotatable bonds is 8. The van der Waals surface area contributed by atoms with Crippen LogP contribution in [-0.2, 0) is 11.2 Å². The Morgan fingerprint density at radius 3 is 2.73 bits per heavy atom. The number of carbonyl (C=O) groups is 1. The van der Waals surface area contributed by atoms with E-state index in [1.807, 2.05) is 59.5 Å². The van der Waals surface area contributed by atoms with Crippen molar-refractivity contribution in [2.45, 2.75) is 25.7 Å². The first kappa shape index (κ1) is 18.3. The lowest BCUT2D eigenvalue weighted by Crippen LogP contribution is -2.29. The van der Waals surface area contributed by atoms with E-state index in [-0.39, 0.29) is 5.91 Å². The second-order valence-corrected chi connectivity index (χ2v) is 6.80. The Morgan fingerprint density at radius 2 is 1.92 bits per heavy atom. The molecule has 4 nitrogen and oxygen atoms in total. The van der Waals surface area contributed by atoms with Gasteiger partial charge in [0.1, 0.15) is 11.5 Å². The minimum Gasteiger partial charge on any atom is -0.497 e. The number of carbonyl (C=O) groups excluding carboxylic acids is 1. The van der Waals surface area contributed by atoms with Gasteiger partial charge in [0.15, 0.2) is 0 Å². The molecule has 0 saturated carbocycles. The molecule has 2 aromatic rings. The molecule has 3 rings (SSSR count). The average Bonchev–Trinajstić information content (AvgIpc) is 3.16. The number of likely N-dealkylation sites (tertiary alicyclic amines) is 1. The molecule has 26 heavy (non-hydrogen) atoms. The summed E-state index contributed by atoms with van der Waals surface area (Å²) in [5, 5.41) is 0. The minimum atomic E-state index is 0.249. The van der Waals surface area contributed by atoms with Gasteiger partial charge in [0.25, 0.3) is 0 Å². The van der Waals surface area contributed by atoms with E-state index in [2.05, 4.69) is 0 Å². The Hall–Kier alpha value is -2.49. The first-order chi connectivity index (χ1) is 12.7. The number of hydrogen-bond acceptors (Lipinski definition) is 3. The molecule has 1 atom stereocenters. The van der Waals surface area contributed by atoms with Gasteiger partial charge in [-0.05, 0) is 55.0 Å². The second kappa shape index (κ2) is 9.27. The quantitative estimate of drug-likeness (QED) is 0.721. The van der Waals surface area contributed by atoms with Gasteiger partial charge in [0.05, 0.1) is 13.7 Å². The number of hydrogen-bond donors (Lipinski definition) is 0. The number of ether oxygens (including phenoxy) is 2. The van der Waals surface area contributed by atoms with E-state index < -0.39 is 0 Å². The van der Waals surface area contributed by atoms with Crippen LogP contribution in [0.25, 0.3) is 0 Å². The molecule has 1 aliphatic rings. The maximum atomic E-state index is 12.5. The molecular formula is C22H27NO3. The van der Waals surface area contributed by atoms with Crippen molar-refractivity contribution in [3.63, 3.8) is 0 Å². The van der Waals surface area contributed by atoms with E-state index in [1.165, 1.54) is 0 Å². The fourth-order valence-corrected chi connectivity index (χ4v) is 3.39. The zero-order valence-corrected chi connectivity index (χ0v) is 15.4. The molecule has 1 unspecified atom stereocenters. The van der Waals surface area contributed by atoms with Crippen LogP contribution in [0.15, 0.2) is 54.6 Å². The molecule has 1 aliphatic heterocycles. The highest BCUT2D eigenvalue weighted by Gasteiger charge is 2.25. The lowest BCUT2D eigenvalue weighted by atomic mass is 10.1. The van der Waals surface area contributed by atoms with Crippen LogP contribution in [-0.4, -0.2) is 37.6 Å². The Morgan fingerprint density at radius 1 is 1.12 bits per heavy atom. The molecule has 0 radical (unpaired) electrons. The van der Waals surface area contributed by atoms with E-state index in [1.54, 1.807) is 7.11 Å². The number of aryl methyl sites for hydroxylation is 1. The van der Waals surface area contributed by atoms with Crippen molar-refractivity contribution in [2.75, 3.05) is 26.8 Å². The van der Waals surface area contributed by atoms with Crippen LogP contribution in [0.1, 0.15) is 24.8 Å². The van der Waals surface area contributed by atoms with E-state index in [4.69, 9.17) is 9.47 Å². The van der Waals surface area contributed by atoms with Gasteiger partial charge in [-0.15, -0.1) is 0 Å². The van der Waals surface area contributed by atoms with Crippen molar-refractivity contribution in [3.05, 3.63) is 60.2 Å². The molecule has 1 heterocycles. The Bertz CT molecular complexity index is 702. The highest BCUT2D eigenvalue weighted by atomic mass is 16.5. The molecule has 0 aliphatic carbocycles. The topological polar surface area (TPSA) is 38.8 Å². The lowest BCUT2D eigenvalue weighted by Gasteiger charge is -2.17. The highest BCUT2D eigenvalue weighted by Crippen LogP contribution is 2.22. The molecule has 2 aromatic carbocycles. The second-order valence-electron chi connectivity index (χ2n) is 6.80. The van der Waals surface area contributed by atoms with Crippen LogP contribution in [0.5, 0.6) is 11.5 Å². The molecule has 0 bridgehead atoms. The summed E-state index contributed by atoms with van der Waals surface area (Å²) in [6, 6.07) is 17.8. The van der Waals surface area contributed by atoms with Gasteiger partial charge >= 0.3 is 0 Å². The van der Waals surface area contributed by atoms with Crippen molar-refractivity contribution in [3.8, 4) is 11.5 Å². The molecule has 1 amide bonds. The van der Waals surface area contributed by atoms with Gasteiger partial charge in [-0.1, -0.05) is 30.3 Å². The summed E-state index contributed by atoms with van der Waals surface area (Å²) in [6.07, 6.45) is 3.38. The normalized spacial score (nSPS) is 16.5. The summed E-state index contributed by atoms with van der Waals surface area (Å²) >= 11 is 0. The molecule has 0 aromatic heterocycles. The lowest BCUT2D eigenvalue weighted by molar-refractivity contribution is -0.130. The first-order valence-electron chi connectivity index (χ1n) is 9.33. The van der Waals surface area contributed by atoms with Crippen LogP contribution in [0.4, 0.5) is 0 Å². The monoisotopic (exact) mass is 353 g/mol. The maximum absolute atomic E-state index is 12.5. The van der Waals surface area contributed by atoms with E-state index in [9.17, 15) is 4.79 Å². The Kier molecular flexibility index (Phi) is 6.53. The molecular weight excluding hydrogens is 326 g/mol. The van der Waals surface area contributed by atoms with Gasteiger partial charge in [-0.2, -0.15) is 0 Å². The predicted molar refractivity (Wildman–Crippen MR) is 103 cm³/mol. The molecule has 138 valence electrons. The highest BCUT2D eigenvalue weighted by molar-refractivity contribution is 5.76. The SMILES string of the molecule is COc1cccc(CCC(=O)N2CCC(CCOc3ccccc3)C2)c1. The zero-order chi connectivity index (χ0) is 18.2. The van der Waals surface area contributed by atoms with Crippen molar-refractivity contribution < 1.29 is 14.3 Å². The summed E-state index contributed by atoms with van der Waals surface area (Å²) in [5.41, 5.74) is 1.14. The molecule has 1 saturated heterocycles. The van der Waals surface area contributed by atoms with Crippen molar-refractivity contribution in [1.29, 1.82) is 0 Å². The van der Waals surface area contributed by atoms with Gasteiger partial charge < -0.3 is 14.4 Å². The molecule has 1 fully saturated rings. The smallest absolute Gasteiger partial charge is 0.222 e. The maximum Gasteiger partial charge on any atom is 0.222 e. The first-order valence-corrected chi connectivity index (χ1v) is 9.33. The van der Waals surface area contributed by atoms with E-state index >= 15 is 0 Å². The third-order valence-corrected chi connectivity index (χ3v) is 4.94. The fraction of sp³-hybridized carbons (Fsp3) is 0.409. The number of nitrogens with zero attached hydrogens (tertiary/aromatic N) is 1. The van der Waals surface area contributed by atoms with Gasteiger partial charge in [-0.25, -0.2) is 0 Å². The van der Waals surface area contributed by atoms with Crippen LogP contribution in [0.3, 0.4) is 0 Å². The largest absolute Gasteiger partial charge is 0.497 e. The molecule has 0 spiro atoms. The summed E-state index contributed by atoms with van der Waals surface area (Å²) < 4.78 is 11.0. The predicted octanol–water partition coefficient (Wildman–Crippen LogP) is 3.95. The molecule has 4 heteroatoms. The fourth-order valence-electron chi connectivity index (χ4n) is 3.39.